The molecule has 1 aliphatic rings. The molecule has 1 aliphatic heterocycles. The smallest absolute Gasteiger partial charge is 0.407 e. The van der Waals surface area contributed by atoms with Gasteiger partial charge in [0.2, 0.25) is 5.91 Å². The molecule has 4 atom stereocenters. The van der Waals surface area contributed by atoms with Crippen LogP contribution in [-0.4, -0.2) is 46.1 Å². The third-order valence-corrected chi connectivity index (χ3v) is 4.57. The van der Waals surface area contributed by atoms with Crippen LogP contribution in [0.2, 0.25) is 0 Å². The number of nitrogens with zero attached hydrogens (tertiary/aromatic N) is 3. The molecule has 0 saturated carbocycles. The first kappa shape index (κ1) is 17.3. The molecule has 1 fully saturated rings. The molecule has 23 heavy (non-hydrogen) atoms. The molecule has 1 aromatic rings. The average molecular weight is 322 g/mol. The Morgan fingerprint density at radius 1 is 1.48 bits per heavy atom. The Morgan fingerprint density at radius 2 is 2.22 bits per heavy atom. The number of hydrogen-bond donors (Lipinski definition) is 1. The minimum atomic E-state index is -0.580. The van der Waals surface area contributed by atoms with Gasteiger partial charge in [-0.25, -0.2) is 9.78 Å². The highest BCUT2D eigenvalue weighted by Gasteiger charge is 2.39. The molecule has 1 aromatic heterocycles. The minimum Gasteiger partial charge on any atom is -0.453 e. The Hall–Kier alpha value is -2.05. The highest BCUT2D eigenvalue weighted by Crippen LogP contribution is 2.32. The van der Waals surface area contributed by atoms with Gasteiger partial charge < -0.3 is 19.5 Å². The van der Waals surface area contributed by atoms with Crippen molar-refractivity contribution >= 4 is 12.0 Å². The van der Waals surface area contributed by atoms with Gasteiger partial charge in [-0.2, -0.15) is 0 Å². The largest absolute Gasteiger partial charge is 0.453 e. The summed E-state index contributed by atoms with van der Waals surface area (Å²) in [6.45, 7) is 6.77. The van der Waals surface area contributed by atoms with Crippen LogP contribution >= 0.6 is 0 Å². The third-order valence-electron chi connectivity index (χ3n) is 4.57. The van der Waals surface area contributed by atoms with Crippen molar-refractivity contribution < 1.29 is 14.3 Å². The summed E-state index contributed by atoms with van der Waals surface area (Å²) in [6.07, 6.45) is 6.36. The van der Waals surface area contributed by atoms with E-state index in [0.29, 0.717) is 12.5 Å². The van der Waals surface area contributed by atoms with Crippen LogP contribution in [0.25, 0.3) is 0 Å². The van der Waals surface area contributed by atoms with Gasteiger partial charge in [0.15, 0.2) is 0 Å². The minimum absolute atomic E-state index is 0.0287. The molecule has 0 aromatic carbocycles. The molecule has 2 amide bonds. The number of ether oxygens (including phenoxy) is 1. The normalized spacial score (nSPS) is 23.4. The van der Waals surface area contributed by atoms with Crippen LogP contribution in [-0.2, 0) is 9.53 Å². The van der Waals surface area contributed by atoms with Gasteiger partial charge >= 0.3 is 6.09 Å². The fourth-order valence-corrected chi connectivity index (χ4v) is 3.03. The summed E-state index contributed by atoms with van der Waals surface area (Å²) in [5.41, 5.74) is 0. The molecule has 1 saturated heterocycles. The second-order valence-electron chi connectivity index (χ2n) is 6.32. The topological polar surface area (TPSA) is 76.5 Å². The van der Waals surface area contributed by atoms with Gasteiger partial charge in [0.1, 0.15) is 12.2 Å². The van der Waals surface area contributed by atoms with E-state index in [4.69, 9.17) is 0 Å². The number of methoxy groups -OCH3 is 1. The van der Waals surface area contributed by atoms with Crippen LogP contribution in [0, 0.1) is 11.8 Å². The maximum atomic E-state index is 13.1. The Morgan fingerprint density at radius 3 is 2.78 bits per heavy atom. The van der Waals surface area contributed by atoms with Gasteiger partial charge in [0, 0.05) is 18.9 Å². The first-order chi connectivity index (χ1) is 11.0. The van der Waals surface area contributed by atoms with E-state index in [1.54, 1.807) is 12.5 Å². The van der Waals surface area contributed by atoms with Gasteiger partial charge in [0.05, 0.1) is 13.4 Å². The molecule has 0 radical (unpaired) electrons. The van der Waals surface area contributed by atoms with Crippen molar-refractivity contribution in [1.29, 1.82) is 0 Å². The van der Waals surface area contributed by atoms with Crippen LogP contribution in [0.3, 0.4) is 0 Å². The van der Waals surface area contributed by atoms with Gasteiger partial charge in [-0.3, -0.25) is 4.79 Å². The standard InChI is InChI=1S/C16H26N4O3/c1-5-12(3)14(18-16(22)23-4)15(21)20-9-11(2)8-13(20)19-7-6-17-10-19/h6-7,10-14H,5,8-9H2,1-4H3,(H,18,22)/t11-,12+,13-,14-/m0/s1. The van der Waals surface area contributed by atoms with Crippen molar-refractivity contribution in [3.8, 4) is 0 Å². The summed E-state index contributed by atoms with van der Waals surface area (Å²) < 4.78 is 6.62. The highest BCUT2D eigenvalue weighted by molar-refractivity contribution is 5.86. The molecule has 0 bridgehead atoms. The lowest BCUT2D eigenvalue weighted by molar-refractivity contribution is -0.137. The van der Waals surface area contributed by atoms with E-state index >= 15 is 0 Å². The Kier molecular flexibility index (Phi) is 5.63. The Labute approximate surface area is 137 Å². The molecule has 128 valence electrons. The van der Waals surface area contributed by atoms with E-state index < -0.39 is 12.1 Å². The number of amides is 2. The summed E-state index contributed by atoms with van der Waals surface area (Å²) in [5.74, 6) is 0.371. The van der Waals surface area contributed by atoms with Gasteiger partial charge in [-0.05, 0) is 18.3 Å². The first-order valence-corrected chi connectivity index (χ1v) is 8.10. The molecule has 7 nitrogen and oxygen atoms in total. The second kappa shape index (κ2) is 7.48. The van der Waals surface area contributed by atoms with Crippen LogP contribution in [0.15, 0.2) is 18.7 Å². The van der Waals surface area contributed by atoms with Crippen molar-refractivity contribution in [1.82, 2.24) is 19.8 Å². The molecule has 0 spiro atoms. The van der Waals surface area contributed by atoms with Crippen molar-refractivity contribution in [2.75, 3.05) is 13.7 Å². The summed E-state index contributed by atoms with van der Waals surface area (Å²) in [4.78, 5) is 30.6. The van der Waals surface area contributed by atoms with Crippen molar-refractivity contribution in [2.24, 2.45) is 11.8 Å². The van der Waals surface area contributed by atoms with Crippen molar-refractivity contribution in [2.45, 2.75) is 45.8 Å². The SMILES string of the molecule is CC[C@@H](C)[C@H](NC(=O)OC)C(=O)N1C[C@@H](C)C[C@H]1n1ccnc1. The quantitative estimate of drug-likeness (QED) is 0.900. The number of likely N-dealkylation sites (tertiary alicyclic amines) is 1. The highest BCUT2D eigenvalue weighted by atomic mass is 16.5. The Balaban J connectivity index is 2.21. The lowest BCUT2D eigenvalue weighted by Gasteiger charge is -2.32. The molecular formula is C16H26N4O3. The summed E-state index contributed by atoms with van der Waals surface area (Å²) in [6, 6.07) is -0.580. The number of imidazole rings is 1. The number of carbonyl (C=O) groups excluding carboxylic acids is 2. The van der Waals surface area contributed by atoms with E-state index in [1.807, 2.05) is 29.5 Å². The monoisotopic (exact) mass is 322 g/mol. The van der Waals surface area contributed by atoms with Crippen molar-refractivity contribution in [3.05, 3.63) is 18.7 Å². The van der Waals surface area contributed by atoms with E-state index in [9.17, 15) is 9.59 Å². The van der Waals surface area contributed by atoms with E-state index in [0.717, 1.165) is 12.8 Å². The van der Waals surface area contributed by atoms with E-state index in [1.165, 1.54) is 7.11 Å². The van der Waals surface area contributed by atoms with E-state index in [2.05, 4.69) is 22.0 Å². The summed E-state index contributed by atoms with van der Waals surface area (Å²) in [7, 11) is 1.31. The van der Waals surface area contributed by atoms with Gasteiger partial charge in [-0.1, -0.05) is 27.2 Å². The first-order valence-electron chi connectivity index (χ1n) is 8.10. The second-order valence-corrected chi connectivity index (χ2v) is 6.32. The van der Waals surface area contributed by atoms with Gasteiger partial charge in [-0.15, -0.1) is 0 Å². The zero-order chi connectivity index (χ0) is 17.0. The van der Waals surface area contributed by atoms with E-state index in [-0.39, 0.29) is 18.0 Å². The predicted octanol–water partition coefficient (Wildman–Crippen LogP) is 2.02. The number of aromatic nitrogens is 2. The number of hydrogen-bond acceptors (Lipinski definition) is 4. The zero-order valence-corrected chi connectivity index (χ0v) is 14.2. The van der Waals surface area contributed by atoms with Crippen LogP contribution in [0.4, 0.5) is 4.79 Å². The molecule has 2 rings (SSSR count). The maximum absolute atomic E-state index is 13.1. The lowest BCUT2D eigenvalue weighted by Crippen LogP contribution is -2.52. The molecule has 2 heterocycles. The molecule has 1 N–H and O–H groups in total. The number of nitrogens with one attached hydrogen (secondary N) is 1. The van der Waals surface area contributed by atoms with Crippen molar-refractivity contribution in [3.63, 3.8) is 0 Å². The van der Waals surface area contributed by atoms with Crippen LogP contribution in [0.1, 0.15) is 39.8 Å². The van der Waals surface area contributed by atoms with Crippen LogP contribution in [0.5, 0.6) is 0 Å². The summed E-state index contributed by atoms with van der Waals surface area (Å²) >= 11 is 0. The maximum Gasteiger partial charge on any atom is 0.407 e. The fraction of sp³-hybridized carbons (Fsp3) is 0.688. The molecule has 7 heteroatoms. The predicted molar refractivity (Wildman–Crippen MR) is 85.5 cm³/mol. The lowest BCUT2D eigenvalue weighted by atomic mass is 9.98. The average Bonchev–Trinajstić information content (AvgIpc) is 3.19. The molecule has 0 unspecified atom stereocenters. The number of rotatable bonds is 5. The zero-order valence-electron chi connectivity index (χ0n) is 14.2. The fourth-order valence-electron chi connectivity index (χ4n) is 3.03. The van der Waals surface area contributed by atoms with Gasteiger partial charge in [0.25, 0.3) is 0 Å². The number of alkyl carbamates (subject to hydrolysis) is 1. The summed E-state index contributed by atoms with van der Waals surface area (Å²) in [5, 5.41) is 2.70. The number of carbonyl (C=O) groups is 2. The molecule has 0 aliphatic carbocycles. The Bertz CT molecular complexity index is 531. The third kappa shape index (κ3) is 3.83. The van der Waals surface area contributed by atoms with Crippen LogP contribution < -0.4 is 5.32 Å². The molecular weight excluding hydrogens is 296 g/mol.